The molecule has 0 amide bonds. The Hall–Kier alpha value is -1.53. The van der Waals surface area contributed by atoms with Crippen molar-refractivity contribution in [2.45, 2.75) is 13.1 Å². The molecule has 1 aromatic rings. The second-order valence-corrected chi connectivity index (χ2v) is 3.20. The standard InChI is InChI=1S/C9H13F3N4/c1-4-16(3)7-5-6(9(10,11)12)14-8(13-2)15-7/h5H,4H2,1-3H3,(H,13,14,15). The van der Waals surface area contributed by atoms with E-state index in [1.807, 2.05) is 6.92 Å². The van der Waals surface area contributed by atoms with Crippen LogP contribution in [0.25, 0.3) is 0 Å². The molecule has 1 heterocycles. The number of nitrogens with zero attached hydrogens (tertiary/aromatic N) is 3. The first-order valence-electron chi connectivity index (χ1n) is 4.73. The highest BCUT2D eigenvalue weighted by Gasteiger charge is 2.33. The van der Waals surface area contributed by atoms with Crippen molar-refractivity contribution in [2.24, 2.45) is 0 Å². The van der Waals surface area contributed by atoms with Crippen LogP contribution in [0.2, 0.25) is 0 Å². The van der Waals surface area contributed by atoms with Gasteiger partial charge in [-0.25, -0.2) is 4.98 Å². The van der Waals surface area contributed by atoms with Crippen molar-refractivity contribution in [3.8, 4) is 0 Å². The highest BCUT2D eigenvalue weighted by molar-refractivity contribution is 5.44. The summed E-state index contributed by atoms with van der Waals surface area (Å²) in [5.41, 5.74) is -0.942. The molecule has 0 saturated carbocycles. The zero-order chi connectivity index (χ0) is 12.3. The lowest BCUT2D eigenvalue weighted by Crippen LogP contribution is -2.20. The third-order valence-corrected chi connectivity index (χ3v) is 2.09. The number of hydrogen-bond donors (Lipinski definition) is 1. The topological polar surface area (TPSA) is 41.1 Å². The van der Waals surface area contributed by atoms with Crippen molar-refractivity contribution in [3.63, 3.8) is 0 Å². The summed E-state index contributed by atoms with van der Waals surface area (Å²) in [5, 5.41) is 2.51. The Morgan fingerprint density at radius 1 is 1.38 bits per heavy atom. The molecule has 0 saturated heterocycles. The molecule has 1 rings (SSSR count). The van der Waals surface area contributed by atoms with Gasteiger partial charge in [-0.3, -0.25) is 0 Å². The largest absolute Gasteiger partial charge is 0.433 e. The van der Waals surface area contributed by atoms with Gasteiger partial charge in [-0.15, -0.1) is 0 Å². The minimum Gasteiger partial charge on any atom is -0.360 e. The van der Waals surface area contributed by atoms with E-state index in [0.717, 1.165) is 6.07 Å². The predicted molar refractivity (Wildman–Crippen MR) is 55.5 cm³/mol. The van der Waals surface area contributed by atoms with E-state index in [2.05, 4.69) is 15.3 Å². The summed E-state index contributed by atoms with van der Waals surface area (Å²) in [7, 11) is 3.15. The second-order valence-electron chi connectivity index (χ2n) is 3.20. The van der Waals surface area contributed by atoms with Crippen molar-refractivity contribution < 1.29 is 13.2 Å². The second kappa shape index (κ2) is 4.54. The van der Waals surface area contributed by atoms with E-state index < -0.39 is 11.9 Å². The first-order valence-corrected chi connectivity index (χ1v) is 4.73. The van der Waals surface area contributed by atoms with Gasteiger partial charge in [-0.2, -0.15) is 18.2 Å². The molecule has 0 atom stereocenters. The molecule has 1 aromatic heterocycles. The molecule has 1 N–H and O–H groups in total. The molecular weight excluding hydrogens is 221 g/mol. The van der Waals surface area contributed by atoms with Crippen molar-refractivity contribution in [2.75, 3.05) is 30.9 Å². The van der Waals surface area contributed by atoms with Gasteiger partial charge in [0.25, 0.3) is 0 Å². The van der Waals surface area contributed by atoms with Crippen molar-refractivity contribution in [1.29, 1.82) is 0 Å². The van der Waals surface area contributed by atoms with Crippen LogP contribution in [0.3, 0.4) is 0 Å². The van der Waals surface area contributed by atoms with Gasteiger partial charge in [0.1, 0.15) is 5.82 Å². The molecule has 0 spiro atoms. The maximum Gasteiger partial charge on any atom is 0.433 e. The quantitative estimate of drug-likeness (QED) is 0.868. The van der Waals surface area contributed by atoms with Gasteiger partial charge in [-0.05, 0) is 6.92 Å². The third-order valence-electron chi connectivity index (χ3n) is 2.09. The van der Waals surface area contributed by atoms with Gasteiger partial charge in [0.05, 0.1) is 0 Å². The van der Waals surface area contributed by atoms with Crippen LogP contribution in [0.15, 0.2) is 6.07 Å². The fourth-order valence-electron chi connectivity index (χ4n) is 1.05. The van der Waals surface area contributed by atoms with Crippen LogP contribution >= 0.6 is 0 Å². The van der Waals surface area contributed by atoms with E-state index in [-0.39, 0.29) is 11.8 Å². The van der Waals surface area contributed by atoms with Gasteiger partial charge in [-0.1, -0.05) is 0 Å². The lowest BCUT2D eigenvalue weighted by molar-refractivity contribution is -0.141. The molecule has 0 bridgehead atoms. The Balaban J connectivity index is 3.21. The first kappa shape index (κ1) is 12.5. The number of alkyl halides is 3. The molecule has 90 valence electrons. The Kier molecular flexibility index (Phi) is 3.56. The molecule has 0 aliphatic heterocycles. The SMILES string of the molecule is CCN(C)c1cc(C(F)(F)F)nc(NC)n1. The van der Waals surface area contributed by atoms with Crippen LogP contribution in [-0.4, -0.2) is 30.6 Å². The summed E-state index contributed by atoms with van der Waals surface area (Å²) in [6, 6.07) is 0.935. The number of halogens is 3. The van der Waals surface area contributed by atoms with Gasteiger partial charge in [0.15, 0.2) is 5.69 Å². The lowest BCUT2D eigenvalue weighted by Gasteiger charge is -2.17. The third kappa shape index (κ3) is 2.74. The fourth-order valence-corrected chi connectivity index (χ4v) is 1.05. The predicted octanol–water partition coefficient (Wildman–Crippen LogP) is 1.99. The van der Waals surface area contributed by atoms with E-state index in [1.165, 1.54) is 7.05 Å². The Morgan fingerprint density at radius 3 is 2.44 bits per heavy atom. The molecule has 0 aliphatic carbocycles. The van der Waals surface area contributed by atoms with E-state index in [4.69, 9.17) is 0 Å². The normalized spacial score (nSPS) is 11.4. The number of hydrogen-bond acceptors (Lipinski definition) is 4. The fraction of sp³-hybridized carbons (Fsp3) is 0.556. The van der Waals surface area contributed by atoms with Crippen molar-refractivity contribution in [1.82, 2.24) is 9.97 Å². The monoisotopic (exact) mass is 234 g/mol. The van der Waals surface area contributed by atoms with E-state index in [0.29, 0.717) is 6.54 Å². The minimum atomic E-state index is -4.46. The molecule has 0 radical (unpaired) electrons. The Labute approximate surface area is 91.5 Å². The van der Waals surface area contributed by atoms with Crippen LogP contribution in [-0.2, 0) is 6.18 Å². The minimum absolute atomic E-state index is 0.0369. The summed E-state index contributed by atoms with van der Waals surface area (Å²) >= 11 is 0. The Bertz CT molecular complexity index is 364. The lowest BCUT2D eigenvalue weighted by atomic mass is 10.3. The molecule has 4 nitrogen and oxygen atoms in total. The van der Waals surface area contributed by atoms with Crippen LogP contribution in [0, 0.1) is 0 Å². The summed E-state index contributed by atoms with van der Waals surface area (Å²) in [6.07, 6.45) is -4.46. The molecular formula is C9H13F3N4. The summed E-state index contributed by atoms with van der Waals surface area (Å²) in [4.78, 5) is 8.91. The van der Waals surface area contributed by atoms with Gasteiger partial charge < -0.3 is 10.2 Å². The van der Waals surface area contributed by atoms with Gasteiger partial charge >= 0.3 is 6.18 Å². The first-order chi connectivity index (χ1) is 7.38. The maximum atomic E-state index is 12.5. The highest BCUT2D eigenvalue weighted by atomic mass is 19.4. The summed E-state index contributed by atoms with van der Waals surface area (Å²) in [5.74, 6) is 0.208. The number of aromatic nitrogens is 2. The van der Waals surface area contributed by atoms with Crippen LogP contribution in [0.5, 0.6) is 0 Å². The zero-order valence-electron chi connectivity index (χ0n) is 9.26. The van der Waals surface area contributed by atoms with E-state index >= 15 is 0 Å². The smallest absolute Gasteiger partial charge is 0.360 e. The molecule has 7 heteroatoms. The van der Waals surface area contributed by atoms with Crippen LogP contribution in [0.4, 0.5) is 24.9 Å². The van der Waals surface area contributed by atoms with Crippen LogP contribution < -0.4 is 10.2 Å². The molecule has 0 unspecified atom stereocenters. The average Bonchev–Trinajstić information content (AvgIpc) is 2.26. The van der Waals surface area contributed by atoms with E-state index in [9.17, 15) is 13.2 Å². The van der Waals surface area contributed by atoms with Crippen molar-refractivity contribution in [3.05, 3.63) is 11.8 Å². The summed E-state index contributed by atoms with van der Waals surface area (Å²) < 4.78 is 37.5. The Morgan fingerprint density at radius 2 is 2.00 bits per heavy atom. The molecule has 0 aliphatic rings. The average molecular weight is 234 g/mol. The number of anilines is 2. The summed E-state index contributed by atoms with van der Waals surface area (Å²) in [6.45, 7) is 2.39. The van der Waals surface area contributed by atoms with Gasteiger partial charge in [0.2, 0.25) is 5.95 Å². The number of rotatable bonds is 3. The van der Waals surface area contributed by atoms with E-state index in [1.54, 1.807) is 11.9 Å². The number of nitrogens with one attached hydrogen (secondary N) is 1. The molecule has 0 aromatic carbocycles. The molecule has 0 fully saturated rings. The van der Waals surface area contributed by atoms with Gasteiger partial charge in [0, 0.05) is 26.7 Å². The molecule has 16 heavy (non-hydrogen) atoms. The maximum absolute atomic E-state index is 12.5. The van der Waals surface area contributed by atoms with Crippen LogP contribution in [0.1, 0.15) is 12.6 Å². The van der Waals surface area contributed by atoms with Crippen molar-refractivity contribution >= 4 is 11.8 Å². The highest BCUT2D eigenvalue weighted by Crippen LogP contribution is 2.30. The zero-order valence-corrected chi connectivity index (χ0v) is 9.26.